The topological polar surface area (TPSA) is 46.5 Å². The first-order valence-corrected chi connectivity index (χ1v) is 8.73. The fourth-order valence-corrected chi connectivity index (χ4v) is 2.79. The Balaban J connectivity index is 2.11. The Morgan fingerprint density at radius 1 is 0.909 bits per heavy atom. The van der Waals surface area contributed by atoms with Crippen LogP contribution in [0.1, 0.15) is 87.1 Å². The SMILES string of the molecule is CCCCCCCCCCCCc1ccccc1C(=O)OO. The molecule has 1 N–H and O–H groups in total. The van der Waals surface area contributed by atoms with Crippen LogP contribution in [0.25, 0.3) is 0 Å². The van der Waals surface area contributed by atoms with Crippen LogP contribution in [0.5, 0.6) is 0 Å². The highest BCUT2D eigenvalue weighted by molar-refractivity contribution is 5.90. The Morgan fingerprint density at radius 2 is 1.45 bits per heavy atom. The maximum Gasteiger partial charge on any atom is 0.373 e. The van der Waals surface area contributed by atoms with Gasteiger partial charge in [-0.25, -0.2) is 4.79 Å². The van der Waals surface area contributed by atoms with E-state index in [9.17, 15) is 4.79 Å². The van der Waals surface area contributed by atoms with Gasteiger partial charge in [-0.15, -0.1) is 0 Å². The molecule has 0 aliphatic rings. The molecule has 0 amide bonds. The van der Waals surface area contributed by atoms with Crippen LogP contribution in [0.15, 0.2) is 24.3 Å². The minimum Gasteiger partial charge on any atom is -0.295 e. The van der Waals surface area contributed by atoms with Crippen molar-refractivity contribution in [3.8, 4) is 0 Å². The van der Waals surface area contributed by atoms with E-state index in [0.29, 0.717) is 5.56 Å². The summed E-state index contributed by atoms with van der Waals surface area (Å²) in [5.74, 6) is -0.664. The van der Waals surface area contributed by atoms with Gasteiger partial charge in [0.1, 0.15) is 0 Å². The summed E-state index contributed by atoms with van der Waals surface area (Å²) < 4.78 is 0. The highest BCUT2D eigenvalue weighted by atomic mass is 17.1. The molecule has 0 aromatic heterocycles. The molecule has 0 spiro atoms. The molecule has 0 aliphatic heterocycles. The van der Waals surface area contributed by atoms with Gasteiger partial charge in [0, 0.05) is 0 Å². The van der Waals surface area contributed by atoms with E-state index in [1.165, 1.54) is 57.8 Å². The minimum atomic E-state index is -0.664. The molecule has 0 atom stereocenters. The molecule has 0 unspecified atom stereocenters. The molecule has 1 aromatic rings. The minimum absolute atomic E-state index is 0.473. The molecule has 124 valence electrons. The zero-order chi connectivity index (χ0) is 16.0. The lowest BCUT2D eigenvalue weighted by Crippen LogP contribution is -2.05. The lowest BCUT2D eigenvalue weighted by Gasteiger charge is -2.06. The maximum atomic E-state index is 11.4. The lowest BCUT2D eigenvalue weighted by atomic mass is 10.00. The Labute approximate surface area is 134 Å². The predicted octanol–water partition coefficient (Wildman–Crippen LogP) is 5.78. The summed E-state index contributed by atoms with van der Waals surface area (Å²) in [4.78, 5) is 15.3. The van der Waals surface area contributed by atoms with Crippen molar-refractivity contribution in [3.05, 3.63) is 35.4 Å². The first kappa shape index (κ1) is 18.7. The Kier molecular flexibility index (Phi) is 10.4. The molecule has 0 heterocycles. The average molecular weight is 306 g/mol. The summed E-state index contributed by atoms with van der Waals surface area (Å²) in [5.41, 5.74) is 1.43. The van der Waals surface area contributed by atoms with Crippen LogP contribution in [-0.4, -0.2) is 11.2 Å². The first-order chi connectivity index (χ1) is 10.8. The van der Waals surface area contributed by atoms with Crippen molar-refractivity contribution in [2.45, 2.75) is 77.6 Å². The summed E-state index contributed by atoms with van der Waals surface area (Å²) in [6.07, 6.45) is 13.9. The largest absolute Gasteiger partial charge is 0.373 e. The zero-order valence-electron chi connectivity index (χ0n) is 13.9. The summed E-state index contributed by atoms with van der Waals surface area (Å²) in [6, 6.07) is 7.33. The number of carbonyl (C=O) groups excluding carboxylic acids is 1. The van der Waals surface area contributed by atoms with Gasteiger partial charge in [-0.1, -0.05) is 82.9 Å². The number of rotatable bonds is 12. The number of unbranched alkanes of at least 4 members (excludes halogenated alkanes) is 9. The molecule has 3 nitrogen and oxygen atoms in total. The van der Waals surface area contributed by atoms with E-state index in [4.69, 9.17) is 5.26 Å². The molecule has 0 saturated heterocycles. The molecule has 1 rings (SSSR count). The average Bonchev–Trinajstić information content (AvgIpc) is 2.56. The van der Waals surface area contributed by atoms with Gasteiger partial charge < -0.3 is 0 Å². The van der Waals surface area contributed by atoms with Crippen molar-refractivity contribution in [2.75, 3.05) is 0 Å². The highest BCUT2D eigenvalue weighted by Gasteiger charge is 2.11. The van der Waals surface area contributed by atoms with Crippen molar-refractivity contribution >= 4 is 5.97 Å². The smallest absolute Gasteiger partial charge is 0.295 e. The summed E-state index contributed by atoms with van der Waals surface area (Å²) >= 11 is 0. The molecular formula is C19H30O3. The van der Waals surface area contributed by atoms with Crippen LogP contribution in [0.2, 0.25) is 0 Å². The fourth-order valence-electron chi connectivity index (χ4n) is 2.79. The van der Waals surface area contributed by atoms with E-state index < -0.39 is 5.97 Å². The second kappa shape index (κ2) is 12.2. The van der Waals surface area contributed by atoms with Gasteiger partial charge in [-0.05, 0) is 24.5 Å². The van der Waals surface area contributed by atoms with E-state index in [1.807, 2.05) is 12.1 Å². The highest BCUT2D eigenvalue weighted by Crippen LogP contribution is 2.15. The van der Waals surface area contributed by atoms with E-state index in [0.717, 1.165) is 18.4 Å². The van der Waals surface area contributed by atoms with Crippen molar-refractivity contribution in [1.82, 2.24) is 0 Å². The van der Waals surface area contributed by atoms with Gasteiger partial charge in [0.15, 0.2) is 0 Å². The molecule has 1 aromatic carbocycles. The molecule has 3 heteroatoms. The summed E-state index contributed by atoms with van der Waals surface area (Å²) in [6.45, 7) is 2.25. The lowest BCUT2D eigenvalue weighted by molar-refractivity contribution is -0.182. The second-order valence-electron chi connectivity index (χ2n) is 5.97. The summed E-state index contributed by atoms with van der Waals surface area (Å²) in [7, 11) is 0. The number of aryl methyl sites for hydroxylation is 1. The zero-order valence-corrected chi connectivity index (χ0v) is 13.9. The van der Waals surface area contributed by atoms with Gasteiger partial charge in [-0.3, -0.25) is 4.89 Å². The molecule has 0 radical (unpaired) electrons. The Bertz CT molecular complexity index is 415. The van der Waals surface area contributed by atoms with E-state index in [-0.39, 0.29) is 0 Å². The third kappa shape index (κ3) is 7.60. The van der Waals surface area contributed by atoms with Gasteiger partial charge in [0.05, 0.1) is 5.56 Å². The number of hydrogen-bond donors (Lipinski definition) is 1. The van der Waals surface area contributed by atoms with E-state index in [1.54, 1.807) is 12.1 Å². The molecule has 0 aliphatic carbocycles. The second-order valence-corrected chi connectivity index (χ2v) is 5.97. The molecule has 0 fully saturated rings. The van der Waals surface area contributed by atoms with Gasteiger partial charge in [0.2, 0.25) is 0 Å². The predicted molar refractivity (Wildman–Crippen MR) is 90.0 cm³/mol. The molecule has 0 bridgehead atoms. The van der Waals surface area contributed by atoms with E-state index in [2.05, 4.69) is 11.8 Å². The van der Waals surface area contributed by atoms with Crippen molar-refractivity contribution in [2.24, 2.45) is 0 Å². The molecular weight excluding hydrogens is 276 g/mol. The van der Waals surface area contributed by atoms with Crippen LogP contribution < -0.4 is 0 Å². The maximum absolute atomic E-state index is 11.4. The quantitative estimate of drug-likeness (QED) is 0.302. The van der Waals surface area contributed by atoms with Crippen LogP contribution in [0.3, 0.4) is 0 Å². The summed E-state index contributed by atoms with van der Waals surface area (Å²) in [5, 5.41) is 8.51. The van der Waals surface area contributed by atoms with Gasteiger partial charge >= 0.3 is 5.97 Å². The van der Waals surface area contributed by atoms with Gasteiger partial charge in [-0.2, -0.15) is 5.26 Å². The number of hydrogen-bond acceptors (Lipinski definition) is 3. The standard InChI is InChI=1S/C19H30O3/c1-2-3-4-5-6-7-8-9-10-11-14-17-15-12-13-16-18(17)19(20)22-21/h12-13,15-16,21H,2-11,14H2,1H3. The monoisotopic (exact) mass is 306 g/mol. The van der Waals surface area contributed by atoms with Crippen molar-refractivity contribution < 1.29 is 14.9 Å². The Morgan fingerprint density at radius 3 is 2.05 bits per heavy atom. The van der Waals surface area contributed by atoms with Crippen molar-refractivity contribution in [1.29, 1.82) is 0 Å². The van der Waals surface area contributed by atoms with Crippen LogP contribution >= 0.6 is 0 Å². The molecule has 22 heavy (non-hydrogen) atoms. The third-order valence-corrected chi connectivity index (χ3v) is 4.12. The fraction of sp³-hybridized carbons (Fsp3) is 0.632. The van der Waals surface area contributed by atoms with Crippen LogP contribution in [0.4, 0.5) is 0 Å². The normalized spacial score (nSPS) is 10.6. The molecule has 0 saturated carbocycles. The van der Waals surface area contributed by atoms with Crippen molar-refractivity contribution in [3.63, 3.8) is 0 Å². The Hall–Kier alpha value is -1.35. The van der Waals surface area contributed by atoms with Crippen LogP contribution in [-0.2, 0) is 11.3 Å². The third-order valence-electron chi connectivity index (χ3n) is 4.12. The number of benzene rings is 1. The van der Waals surface area contributed by atoms with E-state index >= 15 is 0 Å². The van der Waals surface area contributed by atoms with Gasteiger partial charge in [0.25, 0.3) is 0 Å². The van der Waals surface area contributed by atoms with Crippen LogP contribution in [0, 0.1) is 0 Å². The number of carbonyl (C=O) groups is 1. The first-order valence-electron chi connectivity index (χ1n) is 8.73.